The number of carbonyl (C=O) groups is 2. The Balaban J connectivity index is 2.26. The van der Waals surface area contributed by atoms with Crippen LogP contribution in [0, 0.1) is 6.92 Å². The second-order valence-corrected chi connectivity index (χ2v) is 3.75. The standard InChI is InChI=1S/C12H11N3O3/c1-7-2-3-8(12(17)18)4-9(7)15-11(16)10-5-13-6-14-10/h2-6H,1H3,(H,13,14)(H,15,16)(H,17,18). The predicted molar refractivity (Wildman–Crippen MR) is 64.7 cm³/mol. The number of aryl methyl sites for hydroxylation is 1. The molecule has 92 valence electrons. The molecule has 0 radical (unpaired) electrons. The van der Waals surface area contributed by atoms with Crippen LogP contribution in [0.3, 0.4) is 0 Å². The highest BCUT2D eigenvalue weighted by Crippen LogP contribution is 2.17. The minimum Gasteiger partial charge on any atom is -0.478 e. The first-order valence-electron chi connectivity index (χ1n) is 5.21. The number of carbonyl (C=O) groups excluding carboxylic acids is 1. The van der Waals surface area contributed by atoms with Gasteiger partial charge in [-0.25, -0.2) is 9.78 Å². The van der Waals surface area contributed by atoms with Crippen molar-refractivity contribution in [1.29, 1.82) is 0 Å². The van der Waals surface area contributed by atoms with Crippen molar-refractivity contribution in [2.45, 2.75) is 6.92 Å². The van der Waals surface area contributed by atoms with E-state index in [0.717, 1.165) is 5.56 Å². The molecule has 1 heterocycles. The zero-order valence-electron chi connectivity index (χ0n) is 9.60. The molecule has 18 heavy (non-hydrogen) atoms. The van der Waals surface area contributed by atoms with Gasteiger partial charge in [0, 0.05) is 5.69 Å². The number of aromatic nitrogens is 2. The Kier molecular flexibility index (Phi) is 3.09. The summed E-state index contributed by atoms with van der Waals surface area (Å²) in [7, 11) is 0. The summed E-state index contributed by atoms with van der Waals surface area (Å²) in [4.78, 5) is 29.0. The van der Waals surface area contributed by atoms with Crippen LogP contribution < -0.4 is 5.32 Å². The summed E-state index contributed by atoms with van der Waals surface area (Å²) in [6, 6.07) is 4.56. The molecule has 0 saturated heterocycles. The Bertz CT molecular complexity index is 591. The molecule has 0 aliphatic rings. The third kappa shape index (κ3) is 2.37. The molecule has 6 heteroatoms. The third-order valence-corrected chi connectivity index (χ3v) is 2.48. The fourth-order valence-electron chi connectivity index (χ4n) is 1.46. The molecule has 0 aliphatic carbocycles. The Hall–Kier alpha value is -2.63. The summed E-state index contributed by atoms with van der Waals surface area (Å²) in [6.45, 7) is 1.79. The van der Waals surface area contributed by atoms with Crippen molar-refractivity contribution < 1.29 is 14.7 Å². The minimum atomic E-state index is -1.04. The van der Waals surface area contributed by atoms with Crippen LogP contribution >= 0.6 is 0 Å². The summed E-state index contributed by atoms with van der Waals surface area (Å²) in [5.41, 5.74) is 1.69. The molecule has 1 aromatic carbocycles. The zero-order chi connectivity index (χ0) is 13.1. The number of nitrogens with zero attached hydrogens (tertiary/aromatic N) is 1. The fourth-order valence-corrected chi connectivity index (χ4v) is 1.46. The number of benzene rings is 1. The largest absolute Gasteiger partial charge is 0.478 e. The highest BCUT2D eigenvalue weighted by molar-refractivity contribution is 6.03. The number of hydrogen-bond acceptors (Lipinski definition) is 3. The van der Waals surface area contributed by atoms with Gasteiger partial charge in [-0.2, -0.15) is 0 Å². The fraction of sp³-hybridized carbons (Fsp3) is 0.0833. The Morgan fingerprint density at radius 2 is 2.17 bits per heavy atom. The van der Waals surface area contributed by atoms with Crippen LogP contribution in [0.2, 0.25) is 0 Å². The maximum atomic E-state index is 11.8. The summed E-state index contributed by atoms with van der Waals surface area (Å²) in [5.74, 6) is -1.40. The van der Waals surface area contributed by atoms with Gasteiger partial charge in [0.1, 0.15) is 5.69 Å². The van der Waals surface area contributed by atoms with Crippen molar-refractivity contribution in [1.82, 2.24) is 9.97 Å². The van der Waals surface area contributed by atoms with E-state index in [9.17, 15) is 9.59 Å². The molecule has 0 atom stereocenters. The van der Waals surface area contributed by atoms with Crippen molar-refractivity contribution in [2.24, 2.45) is 0 Å². The van der Waals surface area contributed by atoms with Gasteiger partial charge in [-0.15, -0.1) is 0 Å². The lowest BCUT2D eigenvalue weighted by Crippen LogP contribution is -2.13. The summed E-state index contributed by atoms with van der Waals surface area (Å²) >= 11 is 0. The lowest BCUT2D eigenvalue weighted by Gasteiger charge is -2.08. The van der Waals surface area contributed by atoms with E-state index >= 15 is 0 Å². The molecule has 0 saturated carbocycles. The van der Waals surface area contributed by atoms with E-state index in [1.807, 2.05) is 0 Å². The van der Waals surface area contributed by atoms with E-state index in [0.29, 0.717) is 11.4 Å². The topological polar surface area (TPSA) is 95.1 Å². The first-order chi connectivity index (χ1) is 8.58. The van der Waals surface area contributed by atoms with Gasteiger partial charge < -0.3 is 15.4 Å². The van der Waals surface area contributed by atoms with Crippen LogP contribution in [-0.2, 0) is 0 Å². The smallest absolute Gasteiger partial charge is 0.335 e. The van der Waals surface area contributed by atoms with E-state index in [-0.39, 0.29) is 11.5 Å². The maximum Gasteiger partial charge on any atom is 0.335 e. The molecule has 0 fully saturated rings. The van der Waals surface area contributed by atoms with Gasteiger partial charge in [0.2, 0.25) is 0 Å². The van der Waals surface area contributed by atoms with Gasteiger partial charge in [0.15, 0.2) is 0 Å². The van der Waals surface area contributed by atoms with Gasteiger partial charge in [-0.3, -0.25) is 4.79 Å². The molecule has 1 amide bonds. The average Bonchev–Trinajstić information content (AvgIpc) is 2.85. The van der Waals surface area contributed by atoms with Crippen LogP contribution in [0.1, 0.15) is 26.4 Å². The Morgan fingerprint density at radius 1 is 1.39 bits per heavy atom. The van der Waals surface area contributed by atoms with Crippen molar-refractivity contribution in [3.05, 3.63) is 47.5 Å². The summed E-state index contributed by atoms with van der Waals surface area (Å²) < 4.78 is 0. The summed E-state index contributed by atoms with van der Waals surface area (Å²) in [5, 5.41) is 11.5. The number of carboxylic acid groups (broad SMARTS) is 1. The molecule has 0 spiro atoms. The first-order valence-corrected chi connectivity index (χ1v) is 5.21. The molecule has 0 bridgehead atoms. The molecule has 6 nitrogen and oxygen atoms in total. The van der Waals surface area contributed by atoms with E-state index in [1.165, 1.54) is 24.7 Å². The molecular weight excluding hydrogens is 234 g/mol. The van der Waals surface area contributed by atoms with Gasteiger partial charge in [-0.05, 0) is 24.6 Å². The van der Waals surface area contributed by atoms with Crippen molar-refractivity contribution >= 4 is 17.6 Å². The lowest BCUT2D eigenvalue weighted by atomic mass is 10.1. The van der Waals surface area contributed by atoms with Gasteiger partial charge >= 0.3 is 5.97 Å². The van der Waals surface area contributed by atoms with E-state index < -0.39 is 5.97 Å². The van der Waals surface area contributed by atoms with Gasteiger partial charge in [-0.1, -0.05) is 6.07 Å². The number of H-pyrrole nitrogens is 1. The molecule has 0 unspecified atom stereocenters. The number of carboxylic acids is 1. The van der Waals surface area contributed by atoms with Crippen LogP contribution in [-0.4, -0.2) is 27.0 Å². The molecule has 0 aliphatic heterocycles. The molecule has 1 aromatic heterocycles. The first kappa shape index (κ1) is 11.8. The van der Waals surface area contributed by atoms with Crippen molar-refractivity contribution in [3.8, 4) is 0 Å². The van der Waals surface area contributed by atoms with E-state index in [2.05, 4.69) is 15.3 Å². The van der Waals surface area contributed by atoms with Crippen molar-refractivity contribution in [3.63, 3.8) is 0 Å². The second kappa shape index (κ2) is 4.70. The molecular formula is C12H11N3O3. The number of amides is 1. The number of imidazole rings is 1. The normalized spacial score (nSPS) is 10.1. The average molecular weight is 245 g/mol. The van der Waals surface area contributed by atoms with Crippen LogP contribution in [0.15, 0.2) is 30.7 Å². The van der Waals surface area contributed by atoms with Crippen molar-refractivity contribution in [2.75, 3.05) is 5.32 Å². The SMILES string of the molecule is Cc1ccc(C(=O)O)cc1NC(=O)c1cnc[nH]1. The lowest BCUT2D eigenvalue weighted by molar-refractivity contribution is 0.0696. The zero-order valence-corrected chi connectivity index (χ0v) is 9.60. The second-order valence-electron chi connectivity index (χ2n) is 3.75. The Morgan fingerprint density at radius 3 is 2.78 bits per heavy atom. The number of nitrogens with one attached hydrogen (secondary N) is 2. The van der Waals surface area contributed by atoms with E-state index in [4.69, 9.17) is 5.11 Å². The number of rotatable bonds is 3. The number of aromatic carboxylic acids is 1. The van der Waals surface area contributed by atoms with Crippen LogP contribution in [0.25, 0.3) is 0 Å². The van der Waals surface area contributed by atoms with Crippen LogP contribution in [0.4, 0.5) is 5.69 Å². The number of hydrogen-bond donors (Lipinski definition) is 3. The summed E-state index contributed by atoms with van der Waals surface area (Å²) in [6.07, 6.45) is 2.79. The molecule has 2 aromatic rings. The third-order valence-electron chi connectivity index (χ3n) is 2.48. The quantitative estimate of drug-likeness (QED) is 0.766. The van der Waals surface area contributed by atoms with E-state index in [1.54, 1.807) is 13.0 Å². The monoisotopic (exact) mass is 245 g/mol. The number of anilines is 1. The predicted octanol–water partition coefficient (Wildman–Crippen LogP) is 1.67. The highest BCUT2D eigenvalue weighted by Gasteiger charge is 2.11. The minimum absolute atomic E-state index is 0.125. The highest BCUT2D eigenvalue weighted by atomic mass is 16.4. The van der Waals surface area contributed by atoms with Gasteiger partial charge in [0.05, 0.1) is 18.1 Å². The number of aromatic amines is 1. The maximum absolute atomic E-state index is 11.8. The molecule has 2 rings (SSSR count). The Labute approximate surface area is 103 Å². The molecule has 3 N–H and O–H groups in total. The van der Waals surface area contributed by atoms with Crippen LogP contribution in [0.5, 0.6) is 0 Å². The van der Waals surface area contributed by atoms with Gasteiger partial charge in [0.25, 0.3) is 5.91 Å².